The molecule has 0 aliphatic rings. The van der Waals surface area contributed by atoms with E-state index >= 15 is 0 Å². The van der Waals surface area contributed by atoms with Gasteiger partial charge in [0.05, 0.1) is 18.8 Å². The van der Waals surface area contributed by atoms with E-state index in [1.165, 1.54) is 0 Å². The van der Waals surface area contributed by atoms with E-state index in [0.29, 0.717) is 25.6 Å². The van der Waals surface area contributed by atoms with Crippen LogP contribution < -0.4 is 16.0 Å². The van der Waals surface area contributed by atoms with Gasteiger partial charge in [0.15, 0.2) is 5.96 Å². The number of likely N-dealkylation sites (N-methyl/N-ethyl adjacent to an activating group) is 1. The van der Waals surface area contributed by atoms with Gasteiger partial charge >= 0.3 is 6.09 Å². The van der Waals surface area contributed by atoms with Crippen molar-refractivity contribution in [3.05, 3.63) is 24.2 Å². The first-order valence-electron chi connectivity index (χ1n) is 10.1. The summed E-state index contributed by atoms with van der Waals surface area (Å²) in [5.74, 6) is 1.62. The molecule has 0 aliphatic heterocycles. The first kappa shape index (κ1) is 27.5. The molecule has 0 saturated carbocycles. The number of carbonyl (C=O) groups excluding carboxylic acids is 1. The van der Waals surface area contributed by atoms with Gasteiger partial charge in [-0.25, -0.2) is 4.79 Å². The number of halogens is 1. The molecule has 29 heavy (non-hydrogen) atoms. The predicted molar refractivity (Wildman–Crippen MR) is 128 cm³/mol. The van der Waals surface area contributed by atoms with Gasteiger partial charge in [-0.15, -0.1) is 24.0 Å². The van der Waals surface area contributed by atoms with Crippen LogP contribution in [0.1, 0.15) is 53.3 Å². The third-order valence-electron chi connectivity index (χ3n) is 3.98. The molecule has 0 bridgehead atoms. The van der Waals surface area contributed by atoms with Crippen LogP contribution in [0.2, 0.25) is 0 Å². The highest BCUT2D eigenvalue weighted by molar-refractivity contribution is 14.0. The average Bonchev–Trinajstić information content (AvgIpc) is 3.14. The zero-order valence-electron chi connectivity index (χ0n) is 18.6. The Balaban J connectivity index is 0.00000784. The van der Waals surface area contributed by atoms with Crippen molar-refractivity contribution in [3.8, 4) is 0 Å². The highest BCUT2D eigenvalue weighted by Crippen LogP contribution is 2.21. The highest BCUT2D eigenvalue weighted by Gasteiger charge is 2.20. The van der Waals surface area contributed by atoms with Crippen LogP contribution in [-0.2, 0) is 4.74 Å². The van der Waals surface area contributed by atoms with E-state index in [1.54, 1.807) is 6.26 Å². The number of ether oxygens (including phenoxy) is 1. The third-order valence-corrected chi connectivity index (χ3v) is 3.98. The van der Waals surface area contributed by atoms with Gasteiger partial charge in [-0.05, 0) is 52.9 Å². The van der Waals surface area contributed by atoms with Crippen LogP contribution in [-0.4, -0.2) is 61.8 Å². The quantitative estimate of drug-likeness (QED) is 0.189. The molecule has 1 unspecified atom stereocenters. The molecule has 1 aromatic heterocycles. The summed E-state index contributed by atoms with van der Waals surface area (Å²) >= 11 is 0. The number of guanidine groups is 1. The first-order valence-corrected chi connectivity index (χ1v) is 10.1. The second-order valence-electron chi connectivity index (χ2n) is 7.33. The fourth-order valence-electron chi connectivity index (χ4n) is 2.71. The van der Waals surface area contributed by atoms with Crippen molar-refractivity contribution in [1.82, 2.24) is 20.9 Å². The van der Waals surface area contributed by atoms with E-state index in [4.69, 9.17) is 14.1 Å². The van der Waals surface area contributed by atoms with Crippen molar-refractivity contribution < 1.29 is 13.9 Å². The lowest BCUT2D eigenvalue weighted by Gasteiger charge is -2.27. The van der Waals surface area contributed by atoms with E-state index < -0.39 is 11.7 Å². The Hall–Kier alpha value is -1.49. The minimum atomic E-state index is -0.501. The molecule has 1 rings (SSSR count). The molecule has 1 atom stereocenters. The zero-order valence-corrected chi connectivity index (χ0v) is 20.9. The number of nitrogens with one attached hydrogen (secondary N) is 3. The van der Waals surface area contributed by atoms with Crippen LogP contribution in [0.4, 0.5) is 4.79 Å². The largest absolute Gasteiger partial charge is 0.468 e. The Kier molecular flexibility index (Phi) is 13.7. The predicted octanol–water partition coefficient (Wildman–Crippen LogP) is 3.36. The number of hydrogen-bond acceptors (Lipinski definition) is 5. The van der Waals surface area contributed by atoms with Crippen molar-refractivity contribution in [3.63, 3.8) is 0 Å². The normalized spacial score (nSPS) is 12.9. The number of rotatable bonds is 10. The molecule has 1 amide bonds. The van der Waals surface area contributed by atoms with Crippen molar-refractivity contribution in [2.75, 3.05) is 39.3 Å². The van der Waals surface area contributed by atoms with Crippen LogP contribution in [0.15, 0.2) is 27.8 Å². The third kappa shape index (κ3) is 11.3. The summed E-state index contributed by atoms with van der Waals surface area (Å²) in [6.07, 6.45) is 1.28. The number of alkyl carbamates (subject to hydrolysis) is 1. The molecule has 0 aromatic carbocycles. The number of furan rings is 1. The van der Waals surface area contributed by atoms with Crippen LogP contribution >= 0.6 is 24.0 Å². The lowest BCUT2D eigenvalue weighted by atomic mass is 10.2. The summed E-state index contributed by atoms with van der Waals surface area (Å²) in [7, 11) is 0. The number of hydrogen-bond donors (Lipinski definition) is 3. The molecule has 0 radical (unpaired) electrons. The second-order valence-corrected chi connectivity index (χ2v) is 7.33. The van der Waals surface area contributed by atoms with Gasteiger partial charge in [0.25, 0.3) is 0 Å². The van der Waals surface area contributed by atoms with Crippen LogP contribution in [0.25, 0.3) is 0 Å². The minimum absolute atomic E-state index is 0. The van der Waals surface area contributed by atoms with Crippen molar-refractivity contribution in [2.45, 2.75) is 53.2 Å². The SMILES string of the molecule is CCNC(=NCC(c1ccco1)N(CC)CC)NCCNC(=O)OC(C)(C)C.I. The molecular weight excluding hydrogens is 485 g/mol. The molecule has 0 fully saturated rings. The lowest BCUT2D eigenvalue weighted by Crippen LogP contribution is -2.43. The summed E-state index contributed by atoms with van der Waals surface area (Å²) in [4.78, 5) is 18.7. The van der Waals surface area contributed by atoms with E-state index in [1.807, 2.05) is 39.8 Å². The molecule has 0 aliphatic carbocycles. The molecule has 0 saturated heterocycles. The first-order chi connectivity index (χ1) is 13.3. The fourth-order valence-corrected chi connectivity index (χ4v) is 2.71. The van der Waals surface area contributed by atoms with E-state index in [-0.39, 0.29) is 30.0 Å². The molecule has 1 heterocycles. The summed E-state index contributed by atoms with van der Waals surface area (Å²) in [6, 6.07) is 3.98. The summed E-state index contributed by atoms with van der Waals surface area (Å²) in [6.45, 7) is 16.0. The Labute approximate surface area is 192 Å². The van der Waals surface area contributed by atoms with Crippen molar-refractivity contribution in [1.29, 1.82) is 0 Å². The average molecular weight is 523 g/mol. The molecule has 0 spiro atoms. The summed E-state index contributed by atoms with van der Waals surface area (Å²) in [5, 5.41) is 9.20. The van der Waals surface area contributed by atoms with Crippen molar-refractivity contribution in [2.24, 2.45) is 4.99 Å². The van der Waals surface area contributed by atoms with E-state index in [9.17, 15) is 4.79 Å². The van der Waals surface area contributed by atoms with Gasteiger partial charge in [-0.1, -0.05) is 13.8 Å². The molecular formula is C20H38IN5O3. The monoisotopic (exact) mass is 523 g/mol. The Morgan fingerprint density at radius 3 is 2.34 bits per heavy atom. The van der Waals surface area contributed by atoms with Gasteiger partial charge < -0.3 is 25.1 Å². The van der Waals surface area contributed by atoms with Gasteiger partial charge in [-0.3, -0.25) is 9.89 Å². The topological polar surface area (TPSA) is 91.1 Å². The maximum Gasteiger partial charge on any atom is 0.407 e. The molecule has 8 nitrogen and oxygen atoms in total. The van der Waals surface area contributed by atoms with Crippen LogP contribution in [0, 0.1) is 0 Å². The number of amides is 1. The zero-order chi connectivity index (χ0) is 21.0. The lowest BCUT2D eigenvalue weighted by molar-refractivity contribution is 0.0529. The summed E-state index contributed by atoms with van der Waals surface area (Å²) < 4.78 is 10.8. The Bertz CT molecular complexity index is 583. The van der Waals surface area contributed by atoms with Gasteiger partial charge in [0, 0.05) is 19.6 Å². The number of carbonyl (C=O) groups is 1. The molecule has 9 heteroatoms. The minimum Gasteiger partial charge on any atom is -0.468 e. The Morgan fingerprint density at radius 2 is 1.83 bits per heavy atom. The fraction of sp³-hybridized carbons (Fsp3) is 0.700. The maximum absolute atomic E-state index is 11.7. The standard InChI is InChI=1S/C20H37N5O3.HI/c1-7-21-18(22-12-13-23-19(26)28-20(4,5)6)24-15-16(25(8-2)9-3)17-11-10-14-27-17;/h10-11,14,16H,7-9,12-13,15H2,1-6H3,(H,23,26)(H2,21,22,24);1H. The van der Waals surface area contributed by atoms with Gasteiger partial charge in [0.2, 0.25) is 0 Å². The molecule has 3 N–H and O–H groups in total. The molecule has 168 valence electrons. The summed E-state index contributed by atoms with van der Waals surface area (Å²) in [5.41, 5.74) is -0.501. The van der Waals surface area contributed by atoms with Gasteiger partial charge in [-0.2, -0.15) is 0 Å². The Morgan fingerprint density at radius 1 is 1.17 bits per heavy atom. The highest BCUT2D eigenvalue weighted by atomic mass is 127. The van der Waals surface area contributed by atoms with Crippen LogP contribution in [0.3, 0.4) is 0 Å². The molecule has 1 aromatic rings. The van der Waals surface area contributed by atoms with Crippen LogP contribution in [0.5, 0.6) is 0 Å². The second kappa shape index (κ2) is 14.5. The van der Waals surface area contributed by atoms with E-state index in [0.717, 1.165) is 25.4 Å². The van der Waals surface area contributed by atoms with Gasteiger partial charge in [0.1, 0.15) is 11.4 Å². The number of aliphatic imine (C=N–C) groups is 1. The number of nitrogens with zero attached hydrogens (tertiary/aromatic N) is 2. The van der Waals surface area contributed by atoms with E-state index in [2.05, 4.69) is 34.7 Å². The maximum atomic E-state index is 11.7. The smallest absolute Gasteiger partial charge is 0.407 e. The van der Waals surface area contributed by atoms with Crippen molar-refractivity contribution >= 4 is 36.0 Å².